The van der Waals surface area contributed by atoms with Gasteiger partial charge in [0.25, 0.3) is 11.8 Å². The van der Waals surface area contributed by atoms with Gasteiger partial charge < -0.3 is 15.5 Å². The van der Waals surface area contributed by atoms with E-state index in [1.165, 1.54) is 11.3 Å². The molecule has 0 bridgehead atoms. The molecule has 2 aromatic rings. The average molecular weight is 455 g/mol. The second-order valence-electron chi connectivity index (χ2n) is 8.45. The summed E-state index contributed by atoms with van der Waals surface area (Å²) in [6.07, 6.45) is 1.26. The fourth-order valence-corrected chi connectivity index (χ4v) is 4.73. The van der Waals surface area contributed by atoms with Crippen LogP contribution in [0.5, 0.6) is 0 Å². The van der Waals surface area contributed by atoms with Gasteiger partial charge in [0.05, 0.1) is 0 Å². The Kier molecular flexibility index (Phi) is 6.01. The first-order valence-corrected chi connectivity index (χ1v) is 11.5. The smallest absolute Gasteiger partial charge is 0.325 e. The number of thiophene rings is 1. The van der Waals surface area contributed by atoms with Crippen molar-refractivity contribution < 1.29 is 19.2 Å². The Balaban J connectivity index is 1.33. The van der Waals surface area contributed by atoms with Crippen molar-refractivity contribution in [3.05, 3.63) is 57.8 Å². The quantitative estimate of drug-likeness (QED) is 0.677. The van der Waals surface area contributed by atoms with E-state index in [0.29, 0.717) is 37.1 Å². The largest absolute Gasteiger partial charge is 0.349 e. The molecule has 1 unspecified atom stereocenters. The van der Waals surface area contributed by atoms with Crippen molar-refractivity contribution in [1.29, 1.82) is 0 Å². The fourth-order valence-electron chi connectivity index (χ4n) is 4.09. The van der Waals surface area contributed by atoms with Crippen molar-refractivity contribution in [2.75, 3.05) is 19.6 Å². The van der Waals surface area contributed by atoms with E-state index in [1.54, 1.807) is 23.3 Å². The molecule has 5 amide bonds. The topological polar surface area (TPSA) is 98.8 Å². The highest BCUT2D eigenvalue weighted by Crippen LogP contribution is 2.29. The SMILES string of the molecule is Cc1ccc(C2(C)NC(=O)N(CC(=O)N3CCC(NC(=O)c4ccsc4)CC3)C2=O)cc1. The van der Waals surface area contributed by atoms with E-state index in [4.69, 9.17) is 0 Å². The Bertz CT molecular complexity index is 1030. The summed E-state index contributed by atoms with van der Waals surface area (Å²) in [6, 6.07) is 8.60. The van der Waals surface area contributed by atoms with Gasteiger partial charge in [-0.15, -0.1) is 0 Å². The molecule has 9 heteroatoms. The van der Waals surface area contributed by atoms with Crippen molar-refractivity contribution in [1.82, 2.24) is 20.4 Å². The predicted molar refractivity (Wildman–Crippen MR) is 120 cm³/mol. The van der Waals surface area contributed by atoms with Crippen molar-refractivity contribution in [3.8, 4) is 0 Å². The molecule has 2 saturated heterocycles. The van der Waals surface area contributed by atoms with E-state index in [9.17, 15) is 19.2 Å². The first kappa shape index (κ1) is 22.0. The van der Waals surface area contributed by atoms with Gasteiger partial charge in [-0.1, -0.05) is 29.8 Å². The molecule has 32 heavy (non-hydrogen) atoms. The first-order valence-electron chi connectivity index (χ1n) is 10.6. The lowest BCUT2D eigenvalue weighted by molar-refractivity contribution is -0.139. The number of carbonyl (C=O) groups is 4. The van der Waals surface area contributed by atoms with Crippen LogP contribution in [0.3, 0.4) is 0 Å². The van der Waals surface area contributed by atoms with Gasteiger partial charge in [0, 0.05) is 30.1 Å². The van der Waals surface area contributed by atoms with Gasteiger partial charge in [-0.3, -0.25) is 19.3 Å². The van der Waals surface area contributed by atoms with Gasteiger partial charge in [-0.05, 0) is 43.7 Å². The molecule has 0 spiro atoms. The number of piperidine rings is 1. The molecule has 0 radical (unpaired) electrons. The van der Waals surface area contributed by atoms with E-state index in [2.05, 4.69) is 10.6 Å². The third kappa shape index (κ3) is 4.25. The summed E-state index contributed by atoms with van der Waals surface area (Å²) in [5.41, 5.74) is 1.18. The number of rotatable bonds is 5. The number of benzene rings is 1. The molecule has 3 heterocycles. The minimum absolute atomic E-state index is 0.00649. The number of carbonyl (C=O) groups excluding carboxylic acids is 4. The number of amides is 5. The van der Waals surface area contributed by atoms with Crippen LogP contribution in [0.15, 0.2) is 41.1 Å². The monoisotopic (exact) mass is 454 g/mol. The van der Waals surface area contributed by atoms with E-state index in [-0.39, 0.29) is 24.4 Å². The standard InChI is InChI=1S/C23H26N4O4S/c1-15-3-5-17(6-4-15)23(2)21(30)27(22(31)25-23)13-19(28)26-10-7-18(8-11-26)24-20(29)16-9-12-32-14-16/h3-6,9,12,14,18H,7-8,10-11,13H2,1-2H3,(H,24,29)(H,25,31). The second-order valence-corrected chi connectivity index (χ2v) is 9.23. The van der Waals surface area contributed by atoms with Gasteiger partial charge >= 0.3 is 6.03 Å². The van der Waals surface area contributed by atoms with Gasteiger partial charge in [0.1, 0.15) is 12.1 Å². The molecule has 0 aliphatic carbocycles. The highest BCUT2D eigenvalue weighted by Gasteiger charge is 2.49. The van der Waals surface area contributed by atoms with Crippen LogP contribution < -0.4 is 10.6 Å². The Morgan fingerprint density at radius 2 is 1.84 bits per heavy atom. The number of nitrogens with zero attached hydrogens (tertiary/aromatic N) is 2. The van der Waals surface area contributed by atoms with Gasteiger partial charge in [-0.25, -0.2) is 4.79 Å². The normalized spacial score (nSPS) is 21.6. The zero-order chi connectivity index (χ0) is 22.9. The van der Waals surface area contributed by atoms with Gasteiger partial charge in [0.2, 0.25) is 5.91 Å². The molecular weight excluding hydrogens is 428 g/mol. The number of hydrogen-bond donors (Lipinski definition) is 2. The average Bonchev–Trinajstić information content (AvgIpc) is 3.39. The highest BCUT2D eigenvalue weighted by molar-refractivity contribution is 7.08. The number of imide groups is 1. The van der Waals surface area contributed by atoms with Crippen LogP contribution in [-0.4, -0.2) is 59.2 Å². The molecule has 1 atom stereocenters. The molecular formula is C23H26N4O4S. The maximum Gasteiger partial charge on any atom is 0.325 e. The van der Waals surface area contributed by atoms with Crippen molar-refractivity contribution in [2.45, 2.75) is 38.3 Å². The van der Waals surface area contributed by atoms with Gasteiger partial charge in [0.15, 0.2) is 0 Å². The van der Waals surface area contributed by atoms with Crippen LogP contribution >= 0.6 is 11.3 Å². The van der Waals surface area contributed by atoms with E-state index in [1.807, 2.05) is 36.6 Å². The molecule has 168 valence electrons. The van der Waals surface area contributed by atoms with Crippen LogP contribution in [0.4, 0.5) is 4.79 Å². The number of hydrogen-bond acceptors (Lipinski definition) is 5. The molecule has 2 fully saturated rings. The molecule has 1 aromatic heterocycles. The van der Waals surface area contributed by atoms with Crippen molar-refractivity contribution in [2.24, 2.45) is 0 Å². The molecule has 2 aliphatic rings. The Hall–Kier alpha value is -3.20. The lowest BCUT2D eigenvalue weighted by atomic mass is 9.91. The number of urea groups is 1. The highest BCUT2D eigenvalue weighted by atomic mass is 32.1. The maximum atomic E-state index is 13.1. The summed E-state index contributed by atoms with van der Waals surface area (Å²) in [5, 5.41) is 9.40. The Labute approximate surface area is 190 Å². The molecule has 4 rings (SSSR count). The van der Waals surface area contributed by atoms with Crippen LogP contribution in [0.25, 0.3) is 0 Å². The predicted octanol–water partition coefficient (Wildman–Crippen LogP) is 2.24. The van der Waals surface area contributed by atoms with Crippen LogP contribution in [0, 0.1) is 6.92 Å². The number of aryl methyl sites for hydroxylation is 1. The van der Waals surface area contributed by atoms with Crippen LogP contribution in [-0.2, 0) is 15.1 Å². The maximum absolute atomic E-state index is 13.1. The molecule has 1 aromatic carbocycles. The lowest BCUT2D eigenvalue weighted by Gasteiger charge is -2.33. The first-order chi connectivity index (χ1) is 15.3. The molecule has 2 N–H and O–H groups in total. The van der Waals surface area contributed by atoms with Crippen LogP contribution in [0.2, 0.25) is 0 Å². The number of likely N-dealkylation sites (tertiary alicyclic amines) is 1. The third-order valence-electron chi connectivity index (χ3n) is 6.16. The van der Waals surface area contributed by atoms with Gasteiger partial charge in [-0.2, -0.15) is 11.3 Å². The second kappa shape index (κ2) is 8.74. The summed E-state index contributed by atoms with van der Waals surface area (Å²) in [4.78, 5) is 53.2. The molecule has 8 nitrogen and oxygen atoms in total. The Morgan fingerprint density at radius 1 is 1.16 bits per heavy atom. The zero-order valence-corrected chi connectivity index (χ0v) is 18.9. The molecule has 2 aliphatic heterocycles. The summed E-state index contributed by atoms with van der Waals surface area (Å²) < 4.78 is 0. The Morgan fingerprint density at radius 3 is 2.47 bits per heavy atom. The van der Waals surface area contributed by atoms with E-state index in [0.717, 1.165) is 10.5 Å². The summed E-state index contributed by atoms with van der Waals surface area (Å²) in [7, 11) is 0. The zero-order valence-electron chi connectivity index (χ0n) is 18.1. The van der Waals surface area contributed by atoms with Crippen molar-refractivity contribution in [3.63, 3.8) is 0 Å². The lowest BCUT2D eigenvalue weighted by Crippen LogP contribution is -2.50. The number of nitrogens with one attached hydrogen (secondary N) is 2. The van der Waals surface area contributed by atoms with E-state index >= 15 is 0 Å². The minimum atomic E-state index is -1.19. The summed E-state index contributed by atoms with van der Waals surface area (Å²) in [5.74, 6) is -0.812. The van der Waals surface area contributed by atoms with E-state index < -0.39 is 17.5 Å². The fraction of sp³-hybridized carbons (Fsp3) is 0.391. The minimum Gasteiger partial charge on any atom is -0.349 e. The van der Waals surface area contributed by atoms with Crippen LogP contribution in [0.1, 0.15) is 41.3 Å². The summed E-state index contributed by atoms with van der Waals surface area (Å²) >= 11 is 1.47. The summed E-state index contributed by atoms with van der Waals surface area (Å²) in [6.45, 7) is 4.24. The molecule has 0 saturated carbocycles. The van der Waals surface area contributed by atoms with Crippen molar-refractivity contribution >= 4 is 35.1 Å². The third-order valence-corrected chi connectivity index (χ3v) is 6.85.